The zero-order chi connectivity index (χ0) is 34.7. The molecule has 2 fully saturated rings. The number of carbonyl (C=O) groups is 1. The van der Waals surface area contributed by atoms with Crippen molar-refractivity contribution in [2.24, 2.45) is 5.92 Å². The van der Waals surface area contributed by atoms with Gasteiger partial charge < -0.3 is 20.3 Å². The molecule has 0 spiro atoms. The van der Waals surface area contributed by atoms with Crippen molar-refractivity contribution in [3.05, 3.63) is 11.6 Å². The number of alkyl halides is 1. The summed E-state index contributed by atoms with van der Waals surface area (Å²) in [6.45, 7) is 3.55. The van der Waals surface area contributed by atoms with E-state index in [2.05, 4.69) is 20.0 Å². The number of nitrogens with zero attached hydrogens (tertiary/aromatic N) is 4. The van der Waals surface area contributed by atoms with Crippen LogP contribution in [0, 0.1) is 5.92 Å². The van der Waals surface area contributed by atoms with Gasteiger partial charge in [0, 0.05) is 20.9 Å². The van der Waals surface area contributed by atoms with E-state index >= 15 is 4.39 Å². The normalized spacial score (nSPS) is 26.9. The van der Waals surface area contributed by atoms with Gasteiger partial charge in [-0.25, -0.2) is 27.9 Å². The van der Waals surface area contributed by atoms with Crippen molar-refractivity contribution in [2.45, 2.75) is 82.7 Å². The van der Waals surface area contributed by atoms with E-state index in [4.69, 9.17) is 49.0 Å². The number of nitrogens with one attached hydrogen (secondary N) is 1. The molecule has 4 unspecified atom stereocenters. The largest absolute Gasteiger partial charge is 0.490 e. The molecule has 2 aromatic heterocycles. The summed E-state index contributed by atoms with van der Waals surface area (Å²) in [7, 11) is -12.4. The lowest BCUT2D eigenvalue weighted by atomic mass is 9.97. The highest BCUT2D eigenvalue weighted by atomic mass is 35.5. The summed E-state index contributed by atoms with van der Waals surface area (Å²) in [5.41, 5.74) is 5.92. The number of phosphoric acid groups is 2. The second-order valence-corrected chi connectivity index (χ2v) is 17.7. The van der Waals surface area contributed by atoms with Gasteiger partial charge in [-0.05, 0) is 43.2 Å². The standard InChI is InChI=1S/C24H39ClFN6O12P3/c1-13(2)17(23(34)41-14-9-7-6-8-10-14)31-45(5,35)43-47(37,39-4)44-46(36,38-3)40-11-15-19(33)16(26)22(42-15)32-12-28-18-20(27)29-24(25)30-21(18)32/h12-17,19,22,33H,6-11H2,1-5H3,(H,31,35)(H2,27,29,30)/t15-,16-,17+,19?,22-,45?,46?,47?/m1/s1. The van der Waals surface area contributed by atoms with E-state index < -0.39 is 72.3 Å². The van der Waals surface area contributed by atoms with Crippen molar-refractivity contribution in [1.29, 1.82) is 0 Å². The van der Waals surface area contributed by atoms with Crippen LogP contribution in [0.3, 0.4) is 0 Å². The van der Waals surface area contributed by atoms with Crippen LogP contribution in [-0.4, -0.2) is 88.6 Å². The Morgan fingerprint density at radius 2 is 1.83 bits per heavy atom. The maximum absolute atomic E-state index is 15.2. The van der Waals surface area contributed by atoms with Gasteiger partial charge in [0.15, 0.2) is 23.9 Å². The highest BCUT2D eigenvalue weighted by molar-refractivity contribution is 7.70. The Morgan fingerprint density at radius 3 is 2.45 bits per heavy atom. The van der Waals surface area contributed by atoms with E-state index in [1.54, 1.807) is 13.8 Å². The van der Waals surface area contributed by atoms with Crippen LogP contribution in [-0.2, 0) is 50.2 Å². The van der Waals surface area contributed by atoms with E-state index in [1.807, 2.05) is 0 Å². The van der Waals surface area contributed by atoms with Gasteiger partial charge in [-0.1, -0.05) is 20.3 Å². The Morgan fingerprint density at radius 1 is 1.17 bits per heavy atom. The van der Waals surface area contributed by atoms with Crippen LogP contribution in [0.25, 0.3) is 11.2 Å². The van der Waals surface area contributed by atoms with E-state index in [-0.39, 0.29) is 28.4 Å². The number of aliphatic hydroxyl groups is 1. The summed E-state index contributed by atoms with van der Waals surface area (Å²) < 4.78 is 92.6. The summed E-state index contributed by atoms with van der Waals surface area (Å²) in [5.74, 6) is -1.16. The van der Waals surface area contributed by atoms with Crippen molar-refractivity contribution in [3.8, 4) is 0 Å². The molecule has 1 saturated heterocycles. The average molecular weight is 751 g/mol. The van der Waals surface area contributed by atoms with Gasteiger partial charge in [0.25, 0.3) is 7.52 Å². The molecule has 4 rings (SSSR count). The third-order valence-electron chi connectivity index (χ3n) is 7.42. The van der Waals surface area contributed by atoms with Gasteiger partial charge in [-0.3, -0.25) is 27.5 Å². The Hall–Kier alpha value is -1.59. The minimum Gasteiger partial charge on any atom is -0.461 e. The number of hydrogen-bond donors (Lipinski definition) is 3. The fourth-order valence-electron chi connectivity index (χ4n) is 5.00. The van der Waals surface area contributed by atoms with Crippen molar-refractivity contribution >= 4 is 57.7 Å². The van der Waals surface area contributed by atoms with Gasteiger partial charge in [0.2, 0.25) is 5.28 Å². The lowest BCUT2D eigenvalue weighted by Crippen LogP contribution is -2.42. The number of imidazole rings is 1. The summed E-state index contributed by atoms with van der Waals surface area (Å²) in [6.07, 6.45) is -1.66. The number of anilines is 1. The maximum Gasteiger partial charge on any atom is 0.490 e. The fraction of sp³-hybridized carbons (Fsp3) is 0.750. The highest BCUT2D eigenvalue weighted by Gasteiger charge is 2.49. The molecule has 1 aliphatic carbocycles. The summed E-state index contributed by atoms with van der Waals surface area (Å²) in [6, 6.07) is -1.13. The van der Waals surface area contributed by atoms with Gasteiger partial charge >= 0.3 is 21.6 Å². The first-order chi connectivity index (χ1) is 22.0. The number of fused-ring (bicyclic) bond motifs is 1. The van der Waals surface area contributed by atoms with Gasteiger partial charge in [0.05, 0.1) is 12.9 Å². The molecule has 23 heteroatoms. The van der Waals surface area contributed by atoms with Crippen molar-refractivity contribution < 1.29 is 59.7 Å². The molecular formula is C24H39ClFN6O12P3. The Balaban J connectivity index is 1.41. The van der Waals surface area contributed by atoms with Crippen LogP contribution >= 0.6 is 34.8 Å². The van der Waals surface area contributed by atoms with Gasteiger partial charge in [-0.15, -0.1) is 0 Å². The van der Waals surface area contributed by atoms with E-state index in [9.17, 15) is 23.6 Å². The molecule has 47 heavy (non-hydrogen) atoms. The predicted octanol–water partition coefficient (Wildman–Crippen LogP) is 4.53. The SMILES string of the molecule is COP(=O)(OC[C@H]1O[C@@H](n2cnc3c(N)nc(Cl)nc32)[C@H](F)C1O)OP(=O)(OC)OP(C)(=O)N[C@H](C(=O)OC1CCCCC1)C(C)C. The van der Waals surface area contributed by atoms with E-state index in [0.29, 0.717) is 12.8 Å². The van der Waals surface area contributed by atoms with Gasteiger partial charge in [-0.2, -0.15) is 14.3 Å². The minimum atomic E-state index is -5.01. The molecule has 0 amide bonds. The molecule has 2 aliphatic rings. The van der Waals surface area contributed by atoms with Crippen molar-refractivity contribution in [1.82, 2.24) is 24.6 Å². The second kappa shape index (κ2) is 15.5. The number of esters is 1. The molecule has 0 bridgehead atoms. The summed E-state index contributed by atoms with van der Waals surface area (Å²) in [4.78, 5) is 24.7. The number of aromatic nitrogens is 4. The molecule has 1 aliphatic heterocycles. The van der Waals surface area contributed by atoms with Crippen LogP contribution in [0.5, 0.6) is 0 Å². The predicted molar refractivity (Wildman–Crippen MR) is 165 cm³/mol. The Kier molecular flexibility index (Phi) is 12.6. The third kappa shape index (κ3) is 9.35. The second-order valence-electron chi connectivity index (χ2n) is 11.3. The van der Waals surface area contributed by atoms with Crippen molar-refractivity contribution in [2.75, 3.05) is 33.2 Å². The average Bonchev–Trinajstić information content (AvgIpc) is 3.55. The third-order valence-corrected chi connectivity index (χ3v) is 13.3. The minimum absolute atomic E-state index is 0.0209. The first-order valence-electron chi connectivity index (χ1n) is 14.6. The molecule has 0 radical (unpaired) electrons. The zero-order valence-electron chi connectivity index (χ0n) is 26.3. The lowest BCUT2D eigenvalue weighted by molar-refractivity contribution is -0.153. The van der Waals surface area contributed by atoms with E-state index in [1.165, 1.54) is 0 Å². The van der Waals surface area contributed by atoms with Crippen LogP contribution in [0.2, 0.25) is 5.28 Å². The number of halogens is 2. The number of nitrogens with two attached hydrogens (primary N) is 1. The van der Waals surface area contributed by atoms with E-state index in [0.717, 1.165) is 51.0 Å². The molecule has 8 atom stereocenters. The number of aliphatic hydroxyl groups excluding tert-OH is 1. The monoisotopic (exact) mass is 750 g/mol. The Bertz CT molecular complexity index is 1560. The quantitative estimate of drug-likeness (QED) is 0.129. The van der Waals surface area contributed by atoms with Crippen molar-refractivity contribution in [3.63, 3.8) is 0 Å². The molecule has 3 heterocycles. The molecule has 266 valence electrons. The molecule has 1 saturated carbocycles. The molecule has 4 N–H and O–H groups in total. The summed E-state index contributed by atoms with van der Waals surface area (Å²) in [5, 5.41) is 12.8. The smallest absolute Gasteiger partial charge is 0.461 e. The maximum atomic E-state index is 15.2. The number of hydrogen-bond acceptors (Lipinski definition) is 16. The fourth-order valence-corrected chi connectivity index (χ4v) is 10.6. The van der Waals surface area contributed by atoms with Crippen LogP contribution in [0.15, 0.2) is 6.33 Å². The first-order valence-corrected chi connectivity index (χ1v) is 19.9. The summed E-state index contributed by atoms with van der Waals surface area (Å²) >= 11 is 5.87. The Labute approximate surface area is 275 Å². The van der Waals surface area contributed by atoms with Crippen LogP contribution < -0.4 is 10.8 Å². The van der Waals surface area contributed by atoms with Crippen LogP contribution in [0.1, 0.15) is 52.2 Å². The molecule has 2 aromatic rings. The van der Waals surface area contributed by atoms with Gasteiger partial charge in [0.1, 0.15) is 29.9 Å². The topological polar surface area (TPSA) is 235 Å². The molecular weight excluding hydrogens is 712 g/mol. The first kappa shape index (κ1) is 38.2. The lowest BCUT2D eigenvalue weighted by Gasteiger charge is -2.29. The number of nitrogen functional groups attached to an aromatic ring is 1. The highest BCUT2D eigenvalue weighted by Crippen LogP contribution is 2.70. The molecule has 18 nitrogen and oxygen atoms in total. The number of ether oxygens (including phenoxy) is 2. The van der Waals surface area contributed by atoms with Crippen LogP contribution in [0.4, 0.5) is 10.2 Å². The number of carbonyl (C=O) groups excluding carboxylic acids is 1. The number of phosphoric ester groups is 1. The molecule has 0 aromatic carbocycles. The zero-order valence-corrected chi connectivity index (χ0v) is 29.7. The number of rotatable bonds is 15.